The lowest BCUT2D eigenvalue weighted by Gasteiger charge is -2.27. The molecule has 0 spiro atoms. The second kappa shape index (κ2) is 12.6. The highest BCUT2D eigenvalue weighted by Gasteiger charge is 2.22. The topological polar surface area (TPSA) is 79.6 Å². The number of fused-ring (bicyclic) bond motifs is 1. The van der Waals surface area contributed by atoms with Crippen LogP contribution in [0, 0.1) is 5.92 Å². The van der Waals surface area contributed by atoms with Crippen molar-refractivity contribution in [3.05, 3.63) is 11.6 Å². The molecule has 0 saturated heterocycles. The molecule has 9 heteroatoms. The molecule has 2 rings (SSSR count). The van der Waals surface area contributed by atoms with Crippen molar-refractivity contribution in [2.24, 2.45) is 10.9 Å². The molecule has 2 atom stereocenters. The molecule has 162 valence electrons. The van der Waals surface area contributed by atoms with Crippen molar-refractivity contribution in [2.45, 2.75) is 65.3 Å². The van der Waals surface area contributed by atoms with E-state index in [1.807, 2.05) is 4.68 Å². The zero-order chi connectivity index (χ0) is 19.8. The summed E-state index contributed by atoms with van der Waals surface area (Å²) in [6.07, 6.45) is 3.09. The van der Waals surface area contributed by atoms with Crippen LogP contribution >= 0.6 is 24.0 Å². The summed E-state index contributed by atoms with van der Waals surface area (Å²) in [5, 5.41) is 11.5. The summed E-state index contributed by atoms with van der Waals surface area (Å²) < 4.78 is 7.14. The number of aryl methyl sites for hydroxylation is 1. The molecule has 0 saturated carbocycles. The van der Waals surface area contributed by atoms with E-state index in [9.17, 15) is 0 Å². The van der Waals surface area contributed by atoms with E-state index in [2.05, 4.69) is 60.5 Å². The smallest absolute Gasteiger partial charge is 0.191 e. The summed E-state index contributed by atoms with van der Waals surface area (Å²) in [7, 11) is 5.94. The summed E-state index contributed by atoms with van der Waals surface area (Å²) >= 11 is 0. The summed E-state index contributed by atoms with van der Waals surface area (Å²) in [5.74, 6) is 3.36. The molecule has 1 aliphatic rings. The minimum Gasteiger partial charge on any atom is -0.377 e. The monoisotopic (exact) mass is 507 g/mol. The number of ether oxygens (including phenoxy) is 1. The average molecular weight is 507 g/mol. The lowest BCUT2D eigenvalue weighted by atomic mass is 10.0. The first-order valence-corrected chi connectivity index (χ1v) is 10.1. The van der Waals surface area contributed by atoms with Gasteiger partial charge in [0.25, 0.3) is 0 Å². The van der Waals surface area contributed by atoms with Gasteiger partial charge in [-0.3, -0.25) is 4.99 Å². The van der Waals surface area contributed by atoms with Gasteiger partial charge in [-0.15, -0.1) is 24.0 Å². The number of aromatic nitrogens is 3. The Morgan fingerprint density at radius 2 is 2.14 bits per heavy atom. The van der Waals surface area contributed by atoms with E-state index in [4.69, 9.17) is 9.73 Å². The number of likely N-dealkylation sites (N-methyl/N-ethyl adjacent to an activating group) is 1. The second-order valence-electron chi connectivity index (χ2n) is 7.91. The third-order valence-electron chi connectivity index (χ3n) is 4.79. The molecule has 0 bridgehead atoms. The predicted octanol–water partition coefficient (Wildman–Crippen LogP) is 1.89. The van der Waals surface area contributed by atoms with Gasteiger partial charge in [-0.25, -0.2) is 9.67 Å². The van der Waals surface area contributed by atoms with Crippen LogP contribution in [0.3, 0.4) is 0 Å². The van der Waals surface area contributed by atoms with E-state index < -0.39 is 0 Å². The number of halogens is 1. The quantitative estimate of drug-likeness (QED) is 0.302. The largest absolute Gasteiger partial charge is 0.377 e. The molecule has 0 aliphatic carbocycles. The average Bonchev–Trinajstić information content (AvgIpc) is 3.00. The second-order valence-corrected chi connectivity index (χ2v) is 7.91. The van der Waals surface area contributed by atoms with E-state index in [1.165, 1.54) is 0 Å². The van der Waals surface area contributed by atoms with Crippen LogP contribution in [0.4, 0.5) is 0 Å². The van der Waals surface area contributed by atoms with Gasteiger partial charge in [0.1, 0.15) is 12.4 Å². The SMILES string of the molecule is CCNC(=NCC(CC(C)C)N(C)C)NC1CCc2nc(COC)nn2C1.I. The fourth-order valence-electron chi connectivity index (χ4n) is 3.37. The fraction of sp³-hybridized carbons (Fsp3) is 0.842. The number of rotatable bonds is 9. The van der Waals surface area contributed by atoms with Crippen LogP contribution in [0.15, 0.2) is 4.99 Å². The Labute approximate surface area is 186 Å². The molecule has 1 aliphatic heterocycles. The predicted molar refractivity (Wildman–Crippen MR) is 124 cm³/mol. The van der Waals surface area contributed by atoms with Crippen LogP contribution in [0.5, 0.6) is 0 Å². The van der Waals surface area contributed by atoms with Crippen LogP contribution in [-0.2, 0) is 24.3 Å². The van der Waals surface area contributed by atoms with E-state index in [0.29, 0.717) is 24.6 Å². The van der Waals surface area contributed by atoms with Crippen LogP contribution in [0.25, 0.3) is 0 Å². The molecule has 0 radical (unpaired) electrons. The molecular weight excluding hydrogens is 469 g/mol. The Hall–Kier alpha value is -0.940. The normalized spacial score (nSPS) is 18.0. The molecule has 1 aromatic heterocycles. The van der Waals surface area contributed by atoms with Crippen LogP contribution in [0.1, 0.15) is 45.3 Å². The maximum atomic E-state index is 5.14. The van der Waals surface area contributed by atoms with Gasteiger partial charge in [-0.05, 0) is 39.8 Å². The fourth-order valence-corrected chi connectivity index (χ4v) is 3.37. The van der Waals surface area contributed by atoms with Crippen molar-refractivity contribution >= 4 is 29.9 Å². The van der Waals surface area contributed by atoms with Crippen molar-refractivity contribution in [2.75, 3.05) is 34.3 Å². The van der Waals surface area contributed by atoms with Crippen LogP contribution in [-0.4, -0.2) is 72.0 Å². The summed E-state index contributed by atoms with van der Waals surface area (Å²) in [6.45, 7) is 9.53. The van der Waals surface area contributed by atoms with Gasteiger partial charge in [-0.1, -0.05) is 13.8 Å². The molecule has 0 fully saturated rings. The molecule has 1 aromatic rings. The van der Waals surface area contributed by atoms with Gasteiger partial charge in [0.2, 0.25) is 0 Å². The number of guanidine groups is 1. The highest BCUT2D eigenvalue weighted by Crippen LogP contribution is 2.14. The van der Waals surface area contributed by atoms with E-state index in [-0.39, 0.29) is 24.0 Å². The standard InChI is InChI=1S/C19H37N7O.HI/c1-7-20-19(21-11-16(25(4)5)10-14(2)3)22-15-8-9-18-23-17(13-27-6)24-26(18)12-15;/h14-16H,7-13H2,1-6H3,(H2,20,21,22);1H. The maximum Gasteiger partial charge on any atom is 0.191 e. The number of hydrogen-bond donors (Lipinski definition) is 2. The molecule has 0 aromatic carbocycles. The number of nitrogens with zero attached hydrogens (tertiary/aromatic N) is 5. The van der Waals surface area contributed by atoms with Crippen LogP contribution < -0.4 is 10.6 Å². The number of nitrogens with one attached hydrogen (secondary N) is 2. The first-order valence-electron chi connectivity index (χ1n) is 10.1. The van der Waals surface area contributed by atoms with Gasteiger partial charge >= 0.3 is 0 Å². The van der Waals surface area contributed by atoms with Gasteiger partial charge in [-0.2, -0.15) is 5.10 Å². The van der Waals surface area contributed by atoms with E-state index in [1.54, 1.807) is 7.11 Å². The van der Waals surface area contributed by atoms with E-state index >= 15 is 0 Å². The highest BCUT2D eigenvalue weighted by molar-refractivity contribution is 14.0. The molecule has 0 amide bonds. The molecule has 8 nitrogen and oxygen atoms in total. The lowest BCUT2D eigenvalue weighted by Crippen LogP contribution is -2.47. The minimum absolute atomic E-state index is 0. The number of hydrogen-bond acceptors (Lipinski definition) is 5. The van der Waals surface area contributed by atoms with Crippen molar-refractivity contribution in [3.8, 4) is 0 Å². The Balaban J connectivity index is 0.00000392. The van der Waals surface area contributed by atoms with Crippen molar-refractivity contribution in [1.82, 2.24) is 30.3 Å². The summed E-state index contributed by atoms with van der Waals surface area (Å²) in [6, 6.07) is 0.751. The first kappa shape index (κ1) is 25.1. The van der Waals surface area contributed by atoms with Crippen LogP contribution in [0.2, 0.25) is 0 Å². The Morgan fingerprint density at radius 3 is 2.75 bits per heavy atom. The van der Waals surface area contributed by atoms with Gasteiger partial charge in [0, 0.05) is 32.2 Å². The summed E-state index contributed by atoms with van der Waals surface area (Å²) in [5.41, 5.74) is 0. The lowest BCUT2D eigenvalue weighted by molar-refractivity contribution is 0.177. The molecule has 2 unspecified atom stereocenters. The first-order chi connectivity index (χ1) is 12.9. The van der Waals surface area contributed by atoms with Gasteiger partial charge in [0.05, 0.1) is 13.1 Å². The van der Waals surface area contributed by atoms with Crippen molar-refractivity contribution in [3.63, 3.8) is 0 Å². The number of methoxy groups -OCH3 is 1. The summed E-state index contributed by atoms with van der Waals surface area (Å²) in [4.78, 5) is 11.7. The van der Waals surface area contributed by atoms with Crippen molar-refractivity contribution in [1.29, 1.82) is 0 Å². The Bertz CT molecular complexity index is 603. The molecule has 28 heavy (non-hydrogen) atoms. The Morgan fingerprint density at radius 1 is 1.39 bits per heavy atom. The van der Waals surface area contributed by atoms with Gasteiger partial charge in [0.15, 0.2) is 11.8 Å². The maximum absolute atomic E-state index is 5.14. The third kappa shape index (κ3) is 7.82. The highest BCUT2D eigenvalue weighted by atomic mass is 127. The zero-order valence-corrected chi connectivity index (χ0v) is 20.6. The van der Waals surface area contributed by atoms with Gasteiger partial charge < -0.3 is 20.3 Å². The minimum atomic E-state index is 0. The van der Waals surface area contributed by atoms with Crippen molar-refractivity contribution < 1.29 is 4.74 Å². The molecule has 2 heterocycles. The number of aliphatic imine (C=N–C) groups is 1. The molecular formula is C19H38IN7O. The third-order valence-corrected chi connectivity index (χ3v) is 4.79. The molecule has 2 N–H and O–H groups in total. The Kier molecular flexibility index (Phi) is 11.3. The van der Waals surface area contributed by atoms with E-state index in [0.717, 1.165) is 56.5 Å². The zero-order valence-electron chi connectivity index (χ0n) is 18.2.